The summed E-state index contributed by atoms with van der Waals surface area (Å²) in [7, 11) is 1.61. The van der Waals surface area contributed by atoms with Crippen LogP contribution in [0.15, 0.2) is 65.1 Å². The van der Waals surface area contributed by atoms with Crippen LogP contribution in [0.1, 0.15) is 10.4 Å². The number of halogens is 2. The van der Waals surface area contributed by atoms with Gasteiger partial charge in [-0.1, -0.05) is 29.3 Å². The number of nitrogens with zero attached hydrogens (tertiary/aromatic N) is 1. The highest BCUT2D eigenvalue weighted by atomic mass is 35.5. The van der Waals surface area contributed by atoms with E-state index in [1.807, 2.05) is 24.3 Å². The van der Waals surface area contributed by atoms with Gasteiger partial charge in [-0.2, -0.15) is 0 Å². The molecule has 0 saturated carbocycles. The quantitative estimate of drug-likeness (QED) is 0.358. The van der Waals surface area contributed by atoms with Crippen molar-refractivity contribution >= 4 is 63.2 Å². The largest absolute Gasteiger partial charge is 0.497 e. The molecule has 6 nitrogen and oxygen atoms in total. The second-order valence-electron chi connectivity index (χ2n) is 6.44. The number of methoxy groups -OCH3 is 1. The summed E-state index contributed by atoms with van der Waals surface area (Å²) in [4.78, 5) is 16.9. The standard InChI is InChI=1S/C22H15Cl2N3O3S/c1-29-14-8-5-12(6-9-14)21-26-17-11-13(7-10-18(17)30-21)25-22(31)27-20(28)15-3-2-4-16(23)19(15)24/h2-11H,1H3,(H2,25,27,28,31). The summed E-state index contributed by atoms with van der Waals surface area (Å²) in [5.41, 5.74) is 2.96. The van der Waals surface area contributed by atoms with E-state index in [1.165, 1.54) is 0 Å². The van der Waals surface area contributed by atoms with E-state index in [-0.39, 0.29) is 20.7 Å². The van der Waals surface area contributed by atoms with Gasteiger partial charge in [-0.15, -0.1) is 0 Å². The van der Waals surface area contributed by atoms with Crippen molar-refractivity contribution in [1.82, 2.24) is 10.3 Å². The molecule has 2 N–H and O–H groups in total. The minimum atomic E-state index is -0.464. The third kappa shape index (κ3) is 4.64. The molecule has 4 rings (SSSR count). The number of amides is 1. The maximum Gasteiger partial charge on any atom is 0.258 e. The molecule has 0 radical (unpaired) electrons. The molecule has 0 bridgehead atoms. The summed E-state index contributed by atoms with van der Waals surface area (Å²) >= 11 is 17.3. The SMILES string of the molecule is COc1ccc(-c2nc3cc(NC(=S)NC(=O)c4cccc(Cl)c4Cl)ccc3o2)cc1. The third-order valence-electron chi connectivity index (χ3n) is 4.41. The summed E-state index contributed by atoms with van der Waals surface area (Å²) in [6.07, 6.45) is 0. The Bertz CT molecular complexity index is 1290. The van der Waals surface area contributed by atoms with Crippen molar-refractivity contribution in [1.29, 1.82) is 0 Å². The summed E-state index contributed by atoms with van der Waals surface area (Å²) in [6, 6.07) is 17.5. The molecule has 1 amide bonds. The third-order valence-corrected chi connectivity index (χ3v) is 5.43. The minimum Gasteiger partial charge on any atom is -0.497 e. The van der Waals surface area contributed by atoms with Gasteiger partial charge in [0, 0.05) is 11.3 Å². The highest BCUT2D eigenvalue weighted by molar-refractivity contribution is 7.80. The van der Waals surface area contributed by atoms with E-state index in [1.54, 1.807) is 43.5 Å². The Labute approximate surface area is 193 Å². The number of aromatic nitrogens is 1. The zero-order chi connectivity index (χ0) is 22.0. The number of ether oxygens (including phenoxy) is 1. The lowest BCUT2D eigenvalue weighted by Gasteiger charge is -2.10. The van der Waals surface area contributed by atoms with E-state index < -0.39 is 5.91 Å². The highest BCUT2D eigenvalue weighted by Crippen LogP contribution is 2.28. The Morgan fingerprint density at radius 1 is 1.10 bits per heavy atom. The van der Waals surface area contributed by atoms with E-state index in [0.717, 1.165) is 11.3 Å². The monoisotopic (exact) mass is 471 g/mol. The lowest BCUT2D eigenvalue weighted by Crippen LogP contribution is -2.34. The zero-order valence-electron chi connectivity index (χ0n) is 16.1. The van der Waals surface area contributed by atoms with Gasteiger partial charge in [-0.05, 0) is 66.8 Å². The van der Waals surface area contributed by atoms with Crippen LogP contribution in [0.4, 0.5) is 5.69 Å². The predicted molar refractivity (Wildman–Crippen MR) is 126 cm³/mol. The Balaban J connectivity index is 1.48. The van der Waals surface area contributed by atoms with Gasteiger partial charge < -0.3 is 14.5 Å². The number of benzene rings is 3. The first-order valence-corrected chi connectivity index (χ1v) is 10.2. The van der Waals surface area contributed by atoms with Crippen molar-refractivity contribution in [3.05, 3.63) is 76.3 Å². The average molecular weight is 472 g/mol. The molecule has 0 unspecified atom stereocenters. The Hall–Kier alpha value is -3.13. The van der Waals surface area contributed by atoms with Crippen molar-refractivity contribution in [3.63, 3.8) is 0 Å². The van der Waals surface area contributed by atoms with Crippen LogP contribution in [0.5, 0.6) is 5.75 Å². The van der Waals surface area contributed by atoms with Crippen molar-refractivity contribution in [2.24, 2.45) is 0 Å². The van der Waals surface area contributed by atoms with E-state index in [0.29, 0.717) is 22.7 Å². The number of carbonyl (C=O) groups excluding carboxylic acids is 1. The molecular formula is C22H15Cl2N3O3S. The average Bonchev–Trinajstić information content (AvgIpc) is 3.19. The molecular weight excluding hydrogens is 457 g/mol. The molecule has 0 atom stereocenters. The Morgan fingerprint density at radius 3 is 2.61 bits per heavy atom. The number of anilines is 1. The Morgan fingerprint density at radius 2 is 1.87 bits per heavy atom. The molecule has 0 aliphatic heterocycles. The van der Waals surface area contributed by atoms with Crippen molar-refractivity contribution in [2.45, 2.75) is 0 Å². The second kappa shape index (κ2) is 8.93. The van der Waals surface area contributed by atoms with Crippen LogP contribution in [0, 0.1) is 0 Å². The molecule has 1 aromatic heterocycles. The molecule has 0 spiro atoms. The highest BCUT2D eigenvalue weighted by Gasteiger charge is 2.14. The normalized spacial score (nSPS) is 10.7. The molecule has 4 aromatic rings. The molecule has 31 heavy (non-hydrogen) atoms. The summed E-state index contributed by atoms with van der Waals surface area (Å²) in [5, 5.41) is 6.11. The topological polar surface area (TPSA) is 76.4 Å². The molecule has 1 heterocycles. The van der Waals surface area contributed by atoms with Gasteiger partial charge in [0.2, 0.25) is 5.89 Å². The molecule has 156 valence electrons. The summed E-state index contributed by atoms with van der Waals surface area (Å²) < 4.78 is 11.0. The van der Waals surface area contributed by atoms with Gasteiger partial charge in [0.25, 0.3) is 5.91 Å². The van der Waals surface area contributed by atoms with Gasteiger partial charge in [-0.3, -0.25) is 10.1 Å². The number of rotatable bonds is 4. The van der Waals surface area contributed by atoms with Crippen molar-refractivity contribution in [2.75, 3.05) is 12.4 Å². The number of hydrogen-bond acceptors (Lipinski definition) is 5. The Kier molecular flexibility index (Phi) is 6.08. The smallest absolute Gasteiger partial charge is 0.258 e. The first kappa shape index (κ1) is 21.1. The number of carbonyl (C=O) groups is 1. The van der Waals surface area contributed by atoms with Gasteiger partial charge in [0.15, 0.2) is 10.7 Å². The van der Waals surface area contributed by atoms with Crippen LogP contribution in [-0.4, -0.2) is 23.1 Å². The van der Waals surface area contributed by atoms with Crippen molar-refractivity contribution < 1.29 is 13.9 Å². The predicted octanol–water partition coefficient (Wildman–Crippen LogP) is 5.94. The molecule has 0 aliphatic rings. The molecule has 0 saturated heterocycles. The zero-order valence-corrected chi connectivity index (χ0v) is 18.4. The van der Waals surface area contributed by atoms with Crippen LogP contribution in [0.3, 0.4) is 0 Å². The van der Waals surface area contributed by atoms with E-state index in [4.69, 9.17) is 44.6 Å². The second-order valence-corrected chi connectivity index (χ2v) is 7.63. The number of oxazole rings is 1. The maximum absolute atomic E-state index is 12.4. The lowest BCUT2D eigenvalue weighted by molar-refractivity contribution is 0.0978. The first-order valence-electron chi connectivity index (χ1n) is 9.06. The number of nitrogens with one attached hydrogen (secondary N) is 2. The fourth-order valence-corrected chi connectivity index (χ4v) is 3.47. The summed E-state index contributed by atoms with van der Waals surface area (Å²) in [5.74, 6) is 0.775. The molecule has 0 fully saturated rings. The molecule has 0 aliphatic carbocycles. The maximum atomic E-state index is 12.4. The van der Waals surface area contributed by atoms with Gasteiger partial charge in [0.05, 0.1) is 22.7 Å². The molecule has 9 heteroatoms. The van der Waals surface area contributed by atoms with Crippen LogP contribution in [0.2, 0.25) is 10.0 Å². The summed E-state index contributed by atoms with van der Waals surface area (Å²) in [6.45, 7) is 0. The van der Waals surface area contributed by atoms with Gasteiger partial charge in [0.1, 0.15) is 11.3 Å². The van der Waals surface area contributed by atoms with Crippen LogP contribution in [0.25, 0.3) is 22.6 Å². The van der Waals surface area contributed by atoms with Crippen LogP contribution in [-0.2, 0) is 0 Å². The number of fused-ring (bicyclic) bond motifs is 1. The first-order chi connectivity index (χ1) is 14.9. The number of hydrogen-bond donors (Lipinski definition) is 2. The fraction of sp³-hybridized carbons (Fsp3) is 0.0455. The van der Waals surface area contributed by atoms with Gasteiger partial charge in [-0.25, -0.2) is 4.98 Å². The van der Waals surface area contributed by atoms with E-state index in [2.05, 4.69) is 15.6 Å². The minimum absolute atomic E-state index is 0.110. The number of thiocarbonyl (C=S) groups is 1. The van der Waals surface area contributed by atoms with Crippen LogP contribution >= 0.6 is 35.4 Å². The van der Waals surface area contributed by atoms with Crippen LogP contribution < -0.4 is 15.4 Å². The fourth-order valence-electron chi connectivity index (χ4n) is 2.87. The van der Waals surface area contributed by atoms with Gasteiger partial charge >= 0.3 is 0 Å². The van der Waals surface area contributed by atoms with E-state index >= 15 is 0 Å². The molecule has 3 aromatic carbocycles. The van der Waals surface area contributed by atoms with E-state index in [9.17, 15) is 4.79 Å². The lowest BCUT2D eigenvalue weighted by atomic mass is 10.2. The van der Waals surface area contributed by atoms with Crippen molar-refractivity contribution in [3.8, 4) is 17.2 Å².